The summed E-state index contributed by atoms with van der Waals surface area (Å²) in [5, 5.41) is 5.47. The van der Waals surface area contributed by atoms with Gasteiger partial charge in [-0.1, -0.05) is 0 Å². The normalized spacial score (nSPS) is 14.3. The molecule has 12 heavy (non-hydrogen) atoms. The SMILES string of the molecule is O=C1CNC(=S)N1.c1cocn1. The zero-order valence-corrected chi connectivity index (χ0v) is 6.93. The molecule has 2 rings (SSSR count). The third kappa shape index (κ3) is 3.11. The van der Waals surface area contributed by atoms with Crippen molar-refractivity contribution in [3.8, 4) is 0 Å². The Morgan fingerprint density at radius 1 is 1.67 bits per heavy atom. The monoisotopic (exact) mass is 185 g/mol. The van der Waals surface area contributed by atoms with Crippen LogP contribution in [0.15, 0.2) is 23.3 Å². The molecule has 64 valence electrons. The van der Waals surface area contributed by atoms with Gasteiger partial charge in [-0.05, 0) is 12.2 Å². The molecule has 0 radical (unpaired) electrons. The van der Waals surface area contributed by atoms with E-state index in [1.807, 2.05) is 0 Å². The number of nitrogens with zero attached hydrogens (tertiary/aromatic N) is 1. The highest BCUT2D eigenvalue weighted by Crippen LogP contribution is 1.75. The van der Waals surface area contributed by atoms with Crippen LogP contribution in [0.2, 0.25) is 0 Å². The van der Waals surface area contributed by atoms with Crippen LogP contribution in [0.4, 0.5) is 0 Å². The van der Waals surface area contributed by atoms with Crippen LogP contribution in [-0.2, 0) is 4.79 Å². The molecule has 0 aromatic carbocycles. The van der Waals surface area contributed by atoms with Crippen LogP contribution >= 0.6 is 12.2 Å². The second-order valence-electron chi connectivity index (χ2n) is 1.91. The van der Waals surface area contributed by atoms with Crippen LogP contribution in [-0.4, -0.2) is 22.5 Å². The lowest BCUT2D eigenvalue weighted by Crippen LogP contribution is -2.21. The zero-order chi connectivity index (χ0) is 8.81. The maximum absolute atomic E-state index is 10.2. The van der Waals surface area contributed by atoms with Crippen molar-refractivity contribution in [3.63, 3.8) is 0 Å². The number of rotatable bonds is 0. The Bertz CT molecular complexity index is 229. The lowest BCUT2D eigenvalue weighted by molar-refractivity contribution is -0.117. The topological polar surface area (TPSA) is 67.2 Å². The van der Waals surface area contributed by atoms with Crippen LogP contribution in [0.3, 0.4) is 0 Å². The molecule has 1 aromatic rings. The number of aromatic nitrogens is 1. The summed E-state index contributed by atoms with van der Waals surface area (Å²) in [5.74, 6) is -0.0509. The second kappa shape index (κ2) is 4.45. The molecule has 1 saturated heterocycles. The summed E-state index contributed by atoms with van der Waals surface area (Å²) in [5.41, 5.74) is 0. The number of amides is 1. The van der Waals surface area contributed by atoms with E-state index in [2.05, 4.69) is 32.3 Å². The number of carbonyl (C=O) groups excluding carboxylic acids is 1. The van der Waals surface area contributed by atoms with Gasteiger partial charge in [-0.25, -0.2) is 4.98 Å². The molecule has 2 N–H and O–H groups in total. The summed E-state index contributed by atoms with van der Waals surface area (Å²) >= 11 is 4.55. The predicted molar refractivity (Wildman–Crippen MR) is 45.2 cm³/mol. The van der Waals surface area contributed by atoms with Crippen molar-refractivity contribution in [3.05, 3.63) is 18.9 Å². The molecule has 0 spiro atoms. The van der Waals surface area contributed by atoms with E-state index in [0.717, 1.165) is 0 Å². The Balaban J connectivity index is 0.000000127. The molecule has 0 atom stereocenters. The minimum Gasteiger partial charge on any atom is -0.452 e. The van der Waals surface area contributed by atoms with Crippen molar-refractivity contribution in [2.45, 2.75) is 0 Å². The van der Waals surface area contributed by atoms with Gasteiger partial charge in [0.05, 0.1) is 12.7 Å². The molecule has 1 aromatic heterocycles. The van der Waals surface area contributed by atoms with Crippen LogP contribution in [0.25, 0.3) is 0 Å². The van der Waals surface area contributed by atoms with E-state index in [4.69, 9.17) is 0 Å². The first-order valence-electron chi connectivity index (χ1n) is 3.19. The molecule has 1 amide bonds. The first-order valence-corrected chi connectivity index (χ1v) is 3.59. The number of oxazole rings is 1. The number of hydrogen-bond acceptors (Lipinski definition) is 4. The Hall–Kier alpha value is -1.43. The maximum Gasteiger partial charge on any atom is 0.245 e. The molecule has 2 heterocycles. The minimum atomic E-state index is -0.0509. The van der Waals surface area contributed by atoms with Gasteiger partial charge in [0.2, 0.25) is 5.91 Å². The third-order valence-electron chi connectivity index (χ3n) is 1.01. The number of thiocarbonyl (C=S) groups is 1. The number of nitrogens with one attached hydrogen (secondary N) is 2. The molecular formula is C6H7N3O2S. The molecule has 0 unspecified atom stereocenters. The highest BCUT2D eigenvalue weighted by molar-refractivity contribution is 7.80. The van der Waals surface area contributed by atoms with E-state index >= 15 is 0 Å². The van der Waals surface area contributed by atoms with Crippen molar-refractivity contribution >= 4 is 23.2 Å². The van der Waals surface area contributed by atoms with Crippen LogP contribution in [0.5, 0.6) is 0 Å². The molecule has 1 fully saturated rings. The van der Waals surface area contributed by atoms with Gasteiger partial charge in [0.25, 0.3) is 0 Å². The van der Waals surface area contributed by atoms with E-state index in [1.54, 1.807) is 6.20 Å². The molecule has 0 aliphatic carbocycles. The highest BCUT2D eigenvalue weighted by Gasteiger charge is 2.10. The summed E-state index contributed by atoms with van der Waals surface area (Å²) in [7, 11) is 0. The van der Waals surface area contributed by atoms with Gasteiger partial charge in [-0.15, -0.1) is 0 Å². The quantitative estimate of drug-likeness (QED) is 0.541. The fourth-order valence-corrected chi connectivity index (χ4v) is 0.737. The zero-order valence-electron chi connectivity index (χ0n) is 6.11. The Morgan fingerprint density at radius 2 is 2.50 bits per heavy atom. The van der Waals surface area contributed by atoms with Crippen molar-refractivity contribution in [2.75, 3.05) is 6.54 Å². The van der Waals surface area contributed by atoms with E-state index in [-0.39, 0.29) is 5.91 Å². The lowest BCUT2D eigenvalue weighted by Gasteiger charge is -1.83. The van der Waals surface area contributed by atoms with Crippen LogP contribution in [0, 0.1) is 0 Å². The Morgan fingerprint density at radius 3 is 2.67 bits per heavy atom. The average molecular weight is 185 g/mol. The van der Waals surface area contributed by atoms with Gasteiger partial charge < -0.3 is 15.1 Å². The van der Waals surface area contributed by atoms with Crippen LogP contribution < -0.4 is 10.6 Å². The fourth-order valence-electron chi connectivity index (χ4n) is 0.551. The van der Waals surface area contributed by atoms with Gasteiger partial charge in [0, 0.05) is 0 Å². The van der Waals surface area contributed by atoms with Gasteiger partial charge in [-0.3, -0.25) is 4.79 Å². The summed E-state index contributed by atoms with van der Waals surface area (Å²) in [6.07, 6.45) is 4.47. The molecular weight excluding hydrogens is 178 g/mol. The largest absolute Gasteiger partial charge is 0.452 e. The molecule has 1 aliphatic heterocycles. The predicted octanol–water partition coefficient (Wildman–Crippen LogP) is -0.335. The molecule has 5 nitrogen and oxygen atoms in total. The first kappa shape index (κ1) is 8.66. The molecule has 0 bridgehead atoms. The maximum atomic E-state index is 10.2. The minimum absolute atomic E-state index is 0.0509. The average Bonchev–Trinajstić information content (AvgIpc) is 2.63. The van der Waals surface area contributed by atoms with E-state index in [0.29, 0.717) is 11.7 Å². The standard InChI is InChI=1S/C3H4N2OS.C3H3NO/c6-2-1-4-3(7)5-2;1-2-5-3-4-1/h1H2,(H2,4,5,6,7);1-3H. The van der Waals surface area contributed by atoms with Gasteiger partial charge >= 0.3 is 0 Å². The van der Waals surface area contributed by atoms with Crippen molar-refractivity contribution in [1.29, 1.82) is 0 Å². The number of hydrogen-bond donors (Lipinski definition) is 2. The van der Waals surface area contributed by atoms with Crippen molar-refractivity contribution in [1.82, 2.24) is 15.6 Å². The van der Waals surface area contributed by atoms with E-state index in [1.165, 1.54) is 12.7 Å². The smallest absolute Gasteiger partial charge is 0.245 e. The summed E-state index contributed by atoms with van der Waals surface area (Å²) < 4.78 is 4.47. The second-order valence-corrected chi connectivity index (χ2v) is 2.31. The van der Waals surface area contributed by atoms with Crippen molar-refractivity contribution < 1.29 is 9.21 Å². The summed E-state index contributed by atoms with van der Waals surface area (Å²) in [6, 6.07) is 0. The van der Waals surface area contributed by atoms with Crippen LogP contribution in [0.1, 0.15) is 0 Å². The van der Waals surface area contributed by atoms with Crippen molar-refractivity contribution in [2.24, 2.45) is 0 Å². The fraction of sp³-hybridized carbons (Fsp3) is 0.167. The summed E-state index contributed by atoms with van der Waals surface area (Å²) in [4.78, 5) is 13.7. The molecule has 6 heteroatoms. The lowest BCUT2D eigenvalue weighted by atomic mass is 10.7. The van der Waals surface area contributed by atoms with E-state index < -0.39 is 0 Å². The van der Waals surface area contributed by atoms with Gasteiger partial charge in [0.1, 0.15) is 6.26 Å². The van der Waals surface area contributed by atoms with Gasteiger partial charge in [-0.2, -0.15) is 0 Å². The third-order valence-corrected chi connectivity index (χ3v) is 1.26. The summed E-state index contributed by atoms with van der Waals surface area (Å²) in [6.45, 7) is 0.332. The first-order chi connectivity index (χ1) is 5.79. The number of carbonyl (C=O) groups is 1. The molecule has 0 saturated carbocycles. The molecule has 1 aliphatic rings. The Labute approximate surface area is 74.2 Å². The Kier molecular flexibility index (Phi) is 3.21. The van der Waals surface area contributed by atoms with Gasteiger partial charge in [0.15, 0.2) is 11.5 Å². The van der Waals surface area contributed by atoms with E-state index in [9.17, 15) is 4.79 Å². The highest BCUT2D eigenvalue weighted by atomic mass is 32.1.